The first-order valence-corrected chi connectivity index (χ1v) is 6.99. The van der Waals surface area contributed by atoms with E-state index < -0.39 is 5.97 Å². The van der Waals surface area contributed by atoms with Crippen LogP contribution >= 0.6 is 0 Å². The Labute approximate surface area is 124 Å². The molecule has 2 amide bonds. The van der Waals surface area contributed by atoms with Crippen LogP contribution < -0.4 is 10.6 Å². The summed E-state index contributed by atoms with van der Waals surface area (Å²) in [5, 5.41) is 14.2. The van der Waals surface area contributed by atoms with Gasteiger partial charge in [0, 0.05) is 25.3 Å². The number of aryl methyl sites for hydroxylation is 1. The molecule has 21 heavy (non-hydrogen) atoms. The van der Waals surface area contributed by atoms with Crippen molar-refractivity contribution in [2.45, 2.75) is 32.8 Å². The monoisotopic (exact) mass is 294 g/mol. The van der Waals surface area contributed by atoms with Crippen molar-refractivity contribution >= 4 is 17.7 Å². The number of urea groups is 1. The van der Waals surface area contributed by atoms with Gasteiger partial charge >= 0.3 is 12.0 Å². The smallest absolute Gasteiger partial charge is 0.319 e. The fourth-order valence-electron chi connectivity index (χ4n) is 1.85. The van der Waals surface area contributed by atoms with Crippen LogP contribution in [0.3, 0.4) is 0 Å². The lowest BCUT2D eigenvalue weighted by Crippen LogP contribution is -2.35. The minimum atomic E-state index is -0.861. The number of carbonyl (C=O) groups excluding carboxylic acids is 1. The molecule has 6 nitrogen and oxygen atoms in total. The van der Waals surface area contributed by atoms with Gasteiger partial charge in [-0.2, -0.15) is 0 Å². The van der Waals surface area contributed by atoms with E-state index in [0.717, 1.165) is 5.56 Å². The number of hydrogen-bond donors (Lipinski definition) is 3. The van der Waals surface area contributed by atoms with Gasteiger partial charge in [0.05, 0.1) is 6.10 Å². The van der Waals surface area contributed by atoms with Gasteiger partial charge in [-0.05, 0) is 31.9 Å². The molecule has 0 fully saturated rings. The molecule has 0 saturated heterocycles. The highest BCUT2D eigenvalue weighted by molar-refractivity contribution is 5.90. The van der Waals surface area contributed by atoms with E-state index >= 15 is 0 Å². The van der Waals surface area contributed by atoms with Gasteiger partial charge < -0.3 is 20.5 Å². The quantitative estimate of drug-likeness (QED) is 0.686. The maximum absolute atomic E-state index is 11.8. The molecule has 0 aromatic heterocycles. The molecule has 0 heterocycles. The molecule has 116 valence electrons. The van der Waals surface area contributed by atoms with E-state index in [-0.39, 0.29) is 18.6 Å². The highest BCUT2D eigenvalue weighted by Gasteiger charge is 2.09. The first-order valence-electron chi connectivity index (χ1n) is 6.99. The Hall–Kier alpha value is -2.08. The average molecular weight is 294 g/mol. The minimum absolute atomic E-state index is 0.0295. The van der Waals surface area contributed by atoms with E-state index in [9.17, 15) is 9.59 Å². The van der Waals surface area contributed by atoms with Crippen molar-refractivity contribution in [1.82, 2.24) is 5.32 Å². The van der Waals surface area contributed by atoms with E-state index in [2.05, 4.69) is 10.6 Å². The van der Waals surface area contributed by atoms with E-state index in [1.165, 1.54) is 0 Å². The van der Waals surface area contributed by atoms with Crippen molar-refractivity contribution in [1.29, 1.82) is 0 Å². The van der Waals surface area contributed by atoms with Crippen LogP contribution in [-0.2, 0) is 16.0 Å². The topological polar surface area (TPSA) is 87.7 Å². The lowest BCUT2D eigenvalue weighted by atomic mass is 10.1. The Morgan fingerprint density at radius 3 is 2.71 bits per heavy atom. The number of amides is 2. The molecule has 0 spiro atoms. The van der Waals surface area contributed by atoms with Crippen molar-refractivity contribution in [3.63, 3.8) is 0 Å². The van der Waals surface area contributed by atoms with Gasteiger partial charge in [0.15, 0.2) is 0 Å². The minimum Gasteiger partial charge on any atom is -0.481 e. The van der Waals surface area contributed by atoms with E-state index in [0.29, 0.717) is 25.3 Å². The highest BCUT2D eigenvalue weighted by atomic mass is 16.5. The molecule has 1 aromatic rings. The lowest BCUT2D eigenvalue weighted by molar-refractivity contribution is -0.136. The van der Waals surface area contributed by atoms with E-state index in [1.54, 1.807) is 18.2 Å². The van der Waals surface area contributed by atoms with Crippen molar-refractivity contribution in [2.75, 3.05) is 18.5 Å². The van der Waals surface area contributed by atoms with Crippen LogP contribution in [-0.4, -0.2) is 36.4 Å². The largest absolute Gasteiger partial charge is 0.481 e. The summed E-state index contributed by atoms with van der Waals surface area (Å²) in [4.78, 5) is 22.4. The second kappa shape index (κ2) is 8.97. The van der Waals surface area contributed by atoms with Crippen LogP contribution in [0.4, 0.5) is 10.5 Å². The van der Waals surface area contributed by atoms with Crippen LogP contribution in [0.5, 0.6) is 0 Å². The SMILES string of the molecule is CCOC(C)CNC(=O)Nc1ccccc1CCC(=O)O. The number of aliphatic carboxylic acids is 1. The molecule has 0 aliphatic heterocycles. The van der Waals surface area contributed by atoms with Gasteiger partial charge in [0.25, 0.3) is 0 Å². The summed E-state index contributed by atoms with van der Waals surface area (Å²) in [5.41, 5.74) is 1.42. The summed E-state index contributed by atoms with van der Waals surface area (Å²) in [5.74, 6) is -0.861. The summed E-state index contributed by atoms with van der Waals surface area (Å²) in [6.45, 7) is 4.79. The zero-order valence-electron chi connectivity index (χ0n) is 12.4. The van der Waals surface area contributed by atoms with Crippen LogP contribution in [0.25, 0.3) is 0 Å². The Kier molecular flexibility index (Phi) is 7.25. The van der Waals surface area contributed by atoms with Crippen LogP contribution in [0.1, 0.15) is 25.8 Å². The number of carboxylic acid groups (broad SMARTS) is 1. The molecule has 6 heteroatoms. The summed E-state index contributed by atoms with van der Waals surface area (Å²) in [6, 6.07) is 6.84. The van der Waals surface area contributed by atoms with Gasteiger partial charge in [-0.15, -0.1) is 0 Å². The molecule has 1 unspecified atom stereocenters. The Bertz CT molecular complexity index is 476. The summed E-state index contributed by atoms with van der Waals surface area (Å²) < 4.78 is 5.32. The second-order valence-electron chi connectivity index (χ2n) is 4.65. The zero-order valence-corrected chi connectivity index (χ0v) is 12.4. The maximum Gasteiger partial charge on any atom is 0.319 e. The third kappa shape index (κ3) is 6.76. The molecule has 1 atom stereocenters. The van der Waals surface area contributed by atoms with Gasteiger partial charge in [0.1, 0.15) is 0 Å². The second-order valence-corrected chi connectivity index (χ2v) is 4.65. The normalized spacial score (nSPS) is 11.7. The number of benzene rings is 1. The number of carboxylic acids is 1. The Balaban J connectivity index is 2.53. The molecule has 0 aliphatic rings. The number of nitrogens with one attached hydrogen (secondary N) is 2. The third-order valence-corrected chi connectivity index (χ3v) is 2.88. The van der Waals surface area contributed by atoms with Gasteiger partial charge in [-0.1, -0.05) is 18.2 Å². The van der Waals surface area contributed by atoms with E-state index in [4.69, 9.17) is 9.84 Å². The van der Waals surface area contributed by atoms with Crippen LogP contribution in [0.2, 0.25) is 0 Å². The fourth-order valence-corrected chi connectivity index (χ4v) is 1.85. The standard InChI is InChI=1S/C15H22N2O4/c1-3-21-11(2)10-16-15(20)17-13-7-5-4-6-12(13)8-9-14(18)19/h4-7,11H,3,8-10H2,1-2H3,(H,18,19)(H2,16,17,20). The average Bonchev–Trinajstić information content (AvgIpc) is 2.44. The Morgan fingerprint density at radius 2 is 2.05 bits per heavy atom. The maximum atomic E-state index is 11.8. The number of hydrogen-bond acceptors (Lipinski definition) is 3. The molecule has 0 saturated carbocycles. The molecular weight excluding hydrogens is 272 g/mol. The Morgan fingerprint density at radius 1 is 1.33 bits per heavy atom. The third-order valence-electron chi connectivity index (χ3n) is 2.88. The van der Waals surface area contributed by atoms with Crippen LogP contribution in [0, 0.1) is 0 Å². The van der Waals surface area contributed by atoms with Crippen molar-refractivity contribution in [3.05, 3.63) is 29.8 Å². The summed E-state index contributed by atoms with van der Waals surface area (Å²) >= 11 is 0. The molecule has 0 aliphatic carbocycles. The first kappa shape index (κ1) is 17.0. The van der Waals surface area contributed by atoms with Crippen LogP contribution in [0.15, 0.2) is 24.3 Å². The molecule has 3 N–H and O–H groups in total. The number of ether oxygens (including phenoxy) is 1. The summed E-state index contributed by atoms with van der Waals surface area (Å²) in [7, 11) is 0. The molecular formula is C15H22N2O4. The van der Waals surface area contributed by atoms with Crippen molar-refractivity contribution in [3.8, 4) is 0 Å². The zero-order chi connectivity index (χ0) is 15.7. The number of para-hydroxylation sites is 1. The number of anilines is 1. The summed E-state index contributed by atoms with van der Waals surface area (Å²) in [6.07, 6.45) is 0.353. The van der Waals surface area contributed by atoms with Gasteiger partial charge in [-0.25, -0.2) is 4.79 Å². The number of rotatable bonds is 8. The highest BCUT2D eigenvalue weighted by Crippen LogP contribution is 2.16. The molecule has 1 rings (SSSR count). The lowest BCUT2D eigenvalue weighted by Gasteiger charge is -2.14. The molecule has 1 aromatic carbocycles. The van der Waals surface area contributed by atoms with Gasteiger partial charge in [-0.3, -0.25) is 4.79 Å². The first-order chi connectivity index (χ1) is 10.0. The number of carbonyl (C=O) groups is 2. The van der Waals surface area contributed by atoms with E-state index in [1.807, 2.05) is 19.9 Å². The predicted molar refractivity (Wildman–Crippen MR) is 80.5 cm³/mol. The van der Waals surface area contributed by atoms with Gasteiger partial charge in [0.2, 0.25) is 0 Å². The van der Waals surface area contributed by atoms with Crippen molar-refractivity contribution < 1.29 is 19.4 Å². The fraction of sp³-hybridized carbons (Fsp3) is 0.467. The molecule has 0 radical (unpaired) electrons. The predicted octanol–water partition coefficient (Wildman–Crippen LogP) is 2.25. The van der Waals surface area contributed by atoms with Crippen molar-refractivity contribution in [2.24, 2.45) is 0 Å². The molecule has 0 bridgehead atoms.